The molecule has 2 nitrogen and oxygen atoms in total. The third-order valence-electron chi connectivity index (χ3n) is 2.82. The molecule has 0 aliphatic heterocycles. The SMILES string of the molecule is [c]1ccc2c3c([nH]c2n1)CCCC3. The molecule has 0 saturated heterocycles. The summed E-state index contributed by atoms with van der Waals surface area (Å²) in [6, 6.07) is 4.01. The number of hydrogen-bond acceptors (Lipinski definition) is 1. The lowest BCUT2D eigenvalue weighted by Crippen LogP contribution is -1.99. The Kier molecular flexibility index (Phi) is 1.42. The topological polar surface area (TPSA) is 28.7 Å². The quantitative estimate of drug-likeness (QED) is 0.647. The van der Waals surface area contributed by atoms with Gasteiger partial charge in [0.2, 0.25) is 0 Å². The van der Waals surface area contributed by atoms with E-state index in [1.54, 1.807) is 0 Å². The van der Waals surface area contributed by atoms with Crippen LogP contribution < -0.4 is 0 Å². The number of H-pyrrole nitrogens is 1. The zero-order chi connectivity index (χ0) is 8.67. The van der Waals surface area contributed by atoms with Crippen LogP contribution in [-0.4, -0.2) is 9.97 Å². The van der Waals surface area contributed by atoms with Crippen LogP contribution in [0.4, 0.5) is 0 Å². The van der Waals surface area contributed by atoms with Gasteiger partial charge < -0.3 is 4.98 Å². The highest BCUT2D eigenvalue weighted by molar-refractivity contribution is 5.81. The fraction of sp³-hybridized carbons (Fsp3) is 0.364. The van der Waals surface area contributed by atoms with Crippen LogP contribution in [0.3, 0.4) is 0 Å². The van der Waals surface area contributed by atoms with E-state index in [0.29, 0.717) is 0 Å². The Labute approximate surface area is 77.0 Å². The molecular weight excluding hydrogens is 160 g/mol. The molecule has 0 fully saturated rings. The first-order valence-electron chi connectivity index (χ1n) is 4.82. The van der Waals surface area contributed by atoms with Gasteiger partial charge in [-0.15, -0.1) is 0 Å². The van der Waals surface area contributed by atoms with Crippen LogP contribution in [0.2, 0.25) is 0 Å². The van der Waals surface area contributed by atoms with E-state index in [0.717, 1.165) is 5.65 Å². The molecule has 1 radical (unpaired) electrons. The molecule has 0 aromatic carbocycles. The van der Waals surface area contributed by atoms with E-state index in [-0.39, 0.29) is 0 Å². The van der Waals surface area contributed by atoms with E-state index in [1.165, 1.54) is 42.3 Å². The number of aryl methyl sites for hydroxylation is 2. The van der Waals surface area contributed by atoms with Gasteiger partial charge in [0.1, 0.15) is 5.65 Å². The van der Waals surface area contributed by atoms with Crippen molar-refractivity contribution in [2.75, 3.05) is 0 Å². The predicted octanol–water partition coefficient (Wildman–Crippen LogP) is 2.24. The van der Waals surface area contributed by atoms with Crippen molar-refractivity contribution in [3.8, 4) is 0 Å². The first-order chi connectivity index (χ1) is 6.45. The Balaban J connectivity index is 2.34. The molecule has 2 heteroatoms. The molecule has 0 atom stereocenters. The summed E-state index contributed by atoms with van der Waals surface area (Å²) in [4.78, 5) is 7.58. The van der Waals surface area contributed by atoms with Crippen LogP contribution in [0.15, 0.2) is 12.1 Å². The highest BCUT2D eigenvalue weighted by atomic mass is 14.9. The van der Waals surface area contributed by atoms with Crippen molar-refractivity contribution in [3.05, 3.63) is 29.6 Å². The van der Waals surface area contributed by atoms with Gasteiger partial charge in [0.05, 0.1) is 6.20 Å². The van der Waals surface area contributed by atoms with Gasteiger partial charge in [0.15, 0.2) is 0 Å². The van der Waals surface area contributed by atoms with Gasteiger partial charge in [-0.1, -0.05) is 0 Å². The zero-order valence-corrected chi connectivity index (χ0v) is 7.43. The molecule has 1 aliphatic rings. The number of hydrogen-bond donors (Lipinski definition) is 1. The van der Waals surface area contributed by atoms with Crippen LogP contribution in [-0.2, 0) is 12.8 Å². The normalized spacial score (nSPS) is 16.0. The lowest BCUT2D eigenvalue weighted by Gasteiger charge is -2.09. The van der Waals surface area contributed by atoms with Crippen molar-refractivity contribution in [1.29, 1.82) is 0 Å². The molecule has 1 N–H and O–H groups in total. The van der Waals surface area contributed by atoms with Gasteiger partial charge in [-0.2, -0.15) is 0 Å². The van der Waals surface area contributed by atoms with Gasteiger partial charge in [-0.25, -0.2) is 4.98 Å². The second kappa shape index (κ2) is 2.59. The van der Waals surface area contributed by atoms with Crippen LogP contribution >= 0.6 is 0 Å². The summed E-state index contributed by atoms with van der Waals surface area (Å²) in [6.45, 7) is 0. The summed E-state index contributed by atoms with van der Waals surface area (Å²) in [6.07, 6.45) is 7.89. The molecule has 0 unspecified atom stereocenters. The van der Waals surface area contributed by atoms with E-state index in [1.807, 2.05) is 6.07 Å². The summed E-state index contributed by atoms with van der Waals surface area (Å²) < 4.78 is 0. The van der Waals surface area contributed by atoms with Gasteiger partial charge in [0.25, 0.3) is 0 Å². The maximum absolute atomic E-state index is 4.21. The summed E-state index contributed by atoms with van der Waals surface area (Å²) in [5.74, 6) is 0. The number of nitrogens with zero attached hydrogens (tertiary/aromatic N) is 1. The summed E-state index contributed by atoms with van der Waals surface area (Å²) in [7, 11) is 0. The molecule has 13 heavy (non-hydrogen) atoms. The van der Waals surface area contributed by atoms with Gasteiger partial charge in [0, 0.05) is 11.1 Å². The lowest BCUT2D eigenvalue weighted by molar-refractivity contribution is 0.680. The number of fused-ring (bicyclic) bond motifs is 3. The smallest absolute Gasteiger partial charge is 0.138 e. The Bertz CT molecular complexity index is 442. The van der Waals surface area contributed by atoms with E-state index in [4.69, 9.17) is 0 Å². The van der Waals surface area contributed by atoms with Gasteiger partial charge >= 0.3 is 0 Å². The minimum absolute atomic E-state index is 1.01. The average Bonchev–Trinajstić information content (AvgIpc) is 2.56. The molecule has 0 spiro atoms. The summed E-state index contributed by atoms with van der Waals surface area (Å²) in [5, 5.41) is 1.30. The lowest BCUT2D eigenvalue weighted by atomic mass is 9.96. The number of pyridine rings is 1. The number of aromatic nitrogens is 2. The van der Waals surface area contributed by atoms with Crippen molar-refractivity contribution in [1.82, 2.24) is 9.97 Å². The number of aromatic amines is 1. The van der Waals surface area contributed by atoms with E-state index in [9.17, 15) is 0 Å². The average molecular weight is 171 g/mol. The van der Waals surface area contributed by atoms with Crippen molar-refractivity contribution in [2.24, 2.45) is 0 Å². The molecule has 2 aromatic heterocycles. The minimum atomic E-state index is 1.01. The predicted molar refractivity (Wildman–Crippen MR) is 51.6 cm³/mol. The number of rotatable bonds is 0. The Morgan fingerprint density at radius 2 is 2.23 bits per heavy atom. The molecule has 0 amide bonds. The molecule has 0 saturated carbocycles. The highest BCUT2D eigenvalue weighted by Gasteiger charge is 2.14. The Morgan fingerprint density at radius 1 is 1.31 bits per heavy atom. The zero-order valence-electron chi connectivity index (χ0n) is 7.43. The Hall–Kier alpha value is -1.31. The van der Waals surface area contributed by atoms with Crippen molar-refractivity contribution in [3.63, 3.8) is 0 Å². The fourth-order valence-electron chi connectivity index (χ4n) is 2.18. The highest BCUT2D eigenvalue weighted by Crippen LogP contribution is 2.27. The van der Waals surface area contributed by atoms with E-state index < -0.39 is 0 Å². The molecule has 1 aliphatic carbocycles. The number of nitrogens with one attached hydrogen (secondary N) is 1. The fourth-order valence-corrected chi connectivity index (χ4v) is 2.18. The molecular formula is C11H11N2. The van der Waals surface area contributed by atoms with Crippen LogP contribution in [0.25, 0.3) is 11.0 Å². The van der Waals surface area contributed by atoms with E-state index in [2.05, 4.69) is 22.2 Å². The first kappa shape index (κ1) is 7.13. The summed E-state index contributed by atoms with van der Waals surface area (Å²) >= 11 is 0. The van der Waals surface area contributed by atoms with Crippen molar-refractivity contribution in [2.45, 2.75) is 25.7 Å². The van der Waals surface area contributed by atoms with E-state index >= 15 is 0 Å². The Morgan fingerprint density at radius 3 is 3.23 bits per heavy atom. The molecule has 65 valence electrons. The second-order valence-electron chi connectivity index (χ2n) is 3.63. The van der Waals surface area contributed by atoms with Gasteiger partial charge in [-0.3, -0.25) is 0 Å². The third kappa shape index (κ3) is 0.981. The van der Waals surface area contributed by atoms with Crippen molar-refractivity contribution >= 4 is 11.0 Å². The monoisotopic (exact) mass is 171 g/mol. The molecule has 2 heterocycles. The minimum Gasteiger partial charge on any atom is -0.343 e. The second-order valence-corrected chi connectivity index (χ2v) is 3.63. The third-order valence-corrected chi connectivity index (χ3v) is 2.82. The standard InChI is InChI=1S/C11H11N2/c1-2-6-10-8(4-1)9-5-3-7-12-11(9)13-10/h3,5H,1-2,4,6H2,(H,12,13). The van der Waals surface area contributed by atoms with Crippen molar-refractivity contribution < 1.29 is 0 Å². The maximum atomic E-state index is 4.21. The van der Waals surface area contributed by atoms with Crippen LogP contribution in [0.1, 0.15) is 24.1 Å². The van der Waals surface area contributed by atoms with Crippen LogP contribution in [0.5, 0.6) is 0 Å². The largest absolute Gasteiger partial charge is 0.343 e. The molecule has 3 rings (SSSR count). The van der Waals surface area contributed by atoms with Crippen LogP contribution in [0, 0.1) is 6.20 Å². The maximum Gasteiger partial charge on any atom is 0.138 e. The van der Waals surface area contributed by atoms with Gasteiger partial charge in [-0.05, 0) is 43.4 Å². The first-order valence-corrected chi connectivity index (χ1v) is 4.82. The summed E-state index contributed by atoms with van der Waals surface area (Å²) in [5.41, 5.74) is 3.89. The molecule has 0 bridgehead atoms. The molecule has 2 aromatic rings.